The maximum absolute atomic E-state index is 14.7. The Morgan fingerprint density at radius 2 is 1.72 bits per heavy atom. The fraction of sp³-hybridized carbons (Fsp3) is 0.312. The van der Waals surface area contributed by atoms with Gasteiger partial charge in [0.25, 0.3) is 0 Å². The van der Waals surface area contributed by atoms with Gasteiger partial charge in [0.15, 0.2) is 5.78 Å². The smallest absolute Gasteiger partial charge is 0.306 e. The lowest BCUT2D eigenvalue weighted by atomic mass is 9.47. The average molecular weight is 530 g/mol. The summed E-state index contributed by atoms with van der Waals surface area (Å²) in [5.74, 6) is -1.03. The van der Waals surface area contributed by atoms with Crippen molar-refractivity contribution in [1.82, 2.24) is 4.57 Å². The van der Waals surface area contributed by atoms with Crippen molar-refractivity contribution in [2.45, 2.75) is 38.6 Å². The van der Waals surface area contributed by atoms with Gasteiger partial charge in [-0.15, -0.1) is 0 Å². The van der Waals surface area contributed by atoms with Gasteiger partial charge in [0.05, 0.1) is 18.5 Å². The number of nitrogens with zero attached hydrogens (tertiary/aromatic N) is 1. The molecule has 5 nitrogen and oxygen atoms in total. The van der Waals surface area contributed by atoms with E-state index in [4.69, 9.17) is 9.84 Å². The minimum Gasteiger partial charge on any atom is -0.497 e. The zero-order valence-corrected chi connectivity index (χ0v) is 21.6. The van der Waals surface area contributed by atoms with E-state index in [1.54, 1.807) is 24.4 Å². The van der Waals surface area contributed by atoms with E-state index in [1.165, 1.54) is 25.3 Å². The maximum Gasteiger partial charge on any atom is 0.306 e. The van der Waals surface area contributed by atoms with E-state index in [-0.39, 0.29) is 34.7 Å². The van der Waals surface area contributed by atoms with Gasteiger partial charge in [-0.3, -0.25) is 9.59 Å². The van der Waals surface area contributed by atoms with Crippen LogP contribution >= 0.6 is 0 Å². The summed E-state index contributed by atoms with van der Waals surface area (Å²) in [5, 5.41) is 9.58. The lowest BCUT2D eigenvalue weighted by molar-refractivity contribution is -0.157. The van der Waals surface area contributed by atoms with Crippen molar-refractivity contribution in [3.63, 3.8) is 0 Å². The number of benzene rings is 3. The van der Waals surface area contributed by atoms with Gasteiger partial charge in [0, 0.05) is 36.2 Å². The molecule has 39 heavy (non-hydrogen) atoms. The van der Waals surface area contributed by atoms with Crippen molar-refractivity contribution >= 4 is 22.7 Å². The first kappa shape index (κ1) is 25.3. The number of hydrogen-bond donors (Lipinski definition) is 1. The van der Waals surface area contributed by atoms with Crippen molar-refractivity contribution in [3.05, 3.63) is 89.6 Å². The van der Waals surface area contributed by atoms with Crippen LogP contribution in [0.2, 0.25) is 0 Å². The van der Waals surface area contributed by atoms with Crippen molar-refractivity contribution in [2.24, 2.45) is 17.3 Å². The number of carbonyl (C=O) groups excluding carboxylic acids is 1. The van der Waals surface area contributed by atoms with Gasteiger partial charge in [0.1, 0.15) is 17.4 Å². The lowest BCUT2D eigenvalue weighted by Crippen LogP contribution is -2.50. The average Bonchev–Trinajstić information content (AvgIpc) is 3.29. The standard InChI is InChI=1S/C32H29F2NO4/c1-39-25-12-22(11-24(33)13-25)21-4-2-19(3-5-21)18-35-9-8-26-28(34)7-6-27(30(26)35)29(36)10-20-14-32(15-20)16-23(17-32)31(37)38/h2-9,11-13,20,23H,10,14-18H2,1H3,(H,37,38). The molecule has 3 aromatic carbocycles. The van der Waals surface area contributed by atoms with Gasteiger partial charge in [-0.2, -0.15) is 0 Å². The number of carboxylic acids is 1. The molecule has 0 unspecified atom stereocenters. The van der Waals surface area contributed by atoms with Crippen molar-refractivity contribution in [2.75, 3.05) is 7.11 Å². The second-order valence-corrected chi connectivity index (χ2v) is 11.2. The van der Waals surface area contributed by atoms with Crippen LogP contribution in [0.15, 0.2) is 66.9 Å². The Labute approximate surface area is 225 Å². The van der Waals surface area contributed by atoms with Gasteiger partial charge in [-0.1, -0.05) is 24.3 Å². The number of halogens is 2. The Balaban J connectivity index is 1.19. The Morgan fingerprint density at radius 1 is 0.974 bits per heavy atom. The number of aromatic nitrogens is 1. The Hall–Kier alpha value is -4.00. The van der Waals surface area contributed by atoms with E-state index in [1.807, 2.05) is 28.8 Å². The predicted octanol–water partition coefficient (Wildman–Crippen LogP) is 7.11. The van der Waals surface area contributed by atoms with E-state index in [9.17, 15) is 18.4 Å². The first-order valence-electron chi connectivity index (χ1n) is 13.2. The van der Waals surface area contributed by atoms with E-state index in [2.05, 4.69) is 0 Å². The maximum atomic E-state index is 14.7. The largest absolute Gasteiger partial charge is 0.497 e. The molecular formula is C32H29F2NO4. The highest BCUT2D eigenvalue weighted by Gasteiger charge is 2.54. The second-order valence-electron chi connectivity index (χ2n) is 11.2. The fourth-order valence-corrected chi connectivity index (χ4v) is 6.67. The summed E-state index contributed by atoms with van der Waals surface area (Å²) in [6.45, 7) is 0.448. The molecule has 1 N–H and O–H groups in total. The molecule has 0 amide bonds. The van der Waals surface area contributed by atoms with Crippen LogP contribution in [0.25, 0.3) is 22.0 Å². The highest BCUT2D eigenvalue weighted by molar-refractivity contribution is 6.07. The zero-order valence-electron chi connectivity index (χ0n) is 21.6. The molecule has 0 radical (unpaired) electrons. The van der Waals surface area contributed by atoms with E-state index < -0.39 is 5.97 Å². The summed E-state index contributed by atoms with van der Waals surface area (Å²) in [5.41, 5.74) is 3.71. The van der Waals surface area contributed by atoms with Gasteiger partial charge < -0.3 is 14.4 Å². The van der Waals surface area contributed by atoms with Crippen LogP contribution in [-0.2, 0) is 11.3 Å². The number of aliphatic carboxylic acids is 1. The van der Waals surface area contributed by atoms with Crippen LogP contribution in [0.4, 0.5) is 8.78 Å². The number of methoxy groups -OCH3 is 1. The predicted molar refractivity (Wildman–Crippen MR) is 144 cm³/mol. The summed E-state index contributed by atoms with van der Waals surface area (Å²) >= 11 is 0. The van der Waals surface area contributed by atoms with Crippen LogP contribution < -0.4 is 4.74 Å². The topological polar surface area (TPSA) is 68.5 Å². The number of hydrogen-bond acceptors (Lipinski definition) is 3. The van der Waals surface area contributed by atoms with Crippen molar-refractivity contribution < 1.29 is 28.2 Å². The fourth-order valence-electron chi connectivity index (χ4n) is 6.67. The number of carboxylic acid groups (broad SMARTS) is 1. The van der Waals surface area contributed by atoms with Gasteiger partial charge in [-0.05, 0) is 84.0 Å². The van der Waals surface area contributed by atoms with Crippen LogP contribution in [-0.4, -0.2) is 28.5 Å². The van der Waals surface area contributed by atoms with Crippen LogP contribution in [0.1, 0.15) is 48.0 Å². The first-order chi connectivity index (χ1) is 18.7. The van der Waals surface area contributed by atoms with Crippen molar-refractivity contribution in [3.8, 4) is 16.9 Å². The minimum absolute atomic E-state index is 0.00990. The summed E-state index contributed by atoms with van der Waals surface area (Å²) < 4.78 is 35.7. The van der Waals surface area contributed by atoms with Crippen LogP contribution in [0.3, 0.4) is 0 Å². The summed E-state index contributed by atoms with van der Waals surface area (Å²) in [7, 11) is 1.50. The van der Waals surface area contributed by atoms with Gasteiger partial charge >= 0.3 is 5.97 Å². The number of carbonyl (C=O) groups is 2. The molecule has 200 valence electrons. The molecule has 1 aromatic heterocycles. The Bertz CT molecular complexity index is 1580. The van der Waals surface area contributed by atoms with Crippen LogP contribution in [0.5, 0.6) is 5.75 Å². The zero-order chi connectivity index (χ0) is 27.3. The first-order valence-corrected chi connectivity index (χ1v) is 13.2. The van der Waals surface area contributed by atoms with Crippen LogP contribution in [0, 0.1) is 28.9 Å². The number of fused-ring (bicyclic) bond motifs is 1. The summed E-state index contributed by atoms with van der Waals surface area (Å²) in [6.07, 6.45) is 5.38. The molecule has 0 atom stereocenters. The molecule has 2 aliphatic rings. The third-order valence-electron chi connectivity index (χ3n) is 8.55. The molecule has 7 heteroatoms. The monoisotopic (exact) mass is 529 g/mol. The number of ether oxygens (including phenoxy) is 1. The quantitative estimate of drug-likeness (QED) is 0.247. The summed E-state index contributed by atoms with van der Waals surface area (Å²) in [4.78, 5) is 24.5. The molecule has 0 saturated heterocycles. The van der Waals surface area contributed by atoms with E-state index in [0.29, 0.717) is 53.6 Å². The minimum atomic E-state index is -0.724. The third-order valence-corrected chi connectivity index (χ3v) is 8.55. The highest BCUT2D eigenvalue weighted by Crippen LogP contribution is 2.62. The molecule has 2 aliphatic carbocycles. The van der Waals surface area contributed by atoms with Gasteiger partial charge in [-0.25, -0.2) is 8.78 Å². The Kier molecular flexibility index (Phi) is 6.25. The molecule has 0 bridgehead atoms. The molecule has 2 fully saturated rings. The highest BCUT2D eigenvalue weighted by atomic mass is 19.1. The molecule has 1 spiro atoms. The molecule has 6 rings (SSSR count). The second kappa shape index (κ2) is 9.63. The molecule has 2 saturated carbocycles. The molecule has 4 aromatic rings. The Morgan fingerprint density at radius 3 is 2.41 bits per heavy atom. The number of Topliss-reactive ketones (excluding diaryl/α,β-unsaturated/α-hetero) is 1. The van der Waals surface area contributed by atoms with Crippen molar-refractivity contribution in [1.29, 1.82) is 0 Å². The third kappa shape index (κ3) is 4.71. The normalized spacial score (nSPS) is 21.9. The SMILES string of the molecule is COc1cc(F)cc(-c2ccc(Cn3ccc4c(F)ccc(C(=O)CC5CC6(C5)CC(C(=O)O)C6)c43)cc2)c1. The summed E-state index contributed by atoms with van der Waals surface area (Å²) in [6, 6.07) is 16.9. The lowest BCUT2D eigenvalue weighted by Gasteiger charge is -2.56. The molecule has 1 heterocycles. The molecular weight excluding hydrogens is 500 g/mol. The number of rotatable bonds is 8. The van der Waals surface area contributed by atoms with E-state index in [0.717, 1.165) is 24.0 Å². The number of ketones is 1. The molecule has 0 aliphatic heterocycles. The van der Waals surface area contributed by atoms with Gasteiger partial charge in [0.2, 0.25) is 0 Å². The van der Waals surface area contributed by atoms with E-state index >= 15 is 0 Å².